The zero-order chi connectivity index (χ0) is 19.5. The van der Waals surface area contributed by atoms with Gasteiger partial charge in [0.25, 0.3) is 5.91 Å². The number of hydrogen-bond acceptors (Lipinski definition) is 3. The molecular weight excluding hydrogens is 390 g/mol. The number of carbonyl (C=O) groups is 1. The maximum Gasteiger partial charge on any atom is 0.277 e. The summed E-state index contributed by atoms with van der Waals surface area (Å²) in [4.78, 5) is 19.4. The molecular formula is C22H25ClN3OS+. The zero-order valence-corrected chi connectivity index (χ0v) is 17.5. The first-order valence-corrected chi connectivity index (χ1v) is 11.0. The number of para-hydroxylation sites is 1. The lowest BCUT2D eigenvalue weighted by molar-refractivity contribution is -0.683. The Morgan fingerprint density at radius 2 is 1.93 bits per heavy atom. The van der Waals surface area contributed by atoms with Crippen molar-refractivity contribution in [3.8, 4) is 0 Å². The maximum absolute atomic E-state index is 12.6. The fourth-order valence-corrected chi connectivity index (χ4v) is 5.01. The molecule has 6 heteroatoms. The highest BCUT2D eigenvalue weighted by Crippen LogP contribution is 2.33. The minimum Gasteiger partial charge on any atom is -0.338 e. The van der Waals surface area contributed by atoms with Crippen LogP contribution in [-0.2, 0) is 4.79 Å². The van der Waals surface area contributed by atoms with Crippen LogP contribution in [0.4, 0.5) is 0 Å². The average molecular weight is 415 g/mol. The standard InChI is InChI=1S/C22H24ClN3OS/c1-15(16-6-8-18(23)9-7-16)24-14-21(27)26-12-10-17(11-13-26)22-25-19-4-2-3-5-20(19)28-22/h2-9,15,17,24H,10-14H2,1H3/p+1/t15-/m1/s1. The summed E-state index contributed by atoms with van der Waals surface area (Å²) in [6.45, 7) is 4.25. The number of nitrogens with two attached hydrogens (primary N) is 1. The van der Waals surface area contributed by atoms with Crippen molar-refractivity contribution in [2.45, 2.75) is 31.7 Å². The molecule has 1 aliphatic rings. The average Bonchev–Trinajstić information content (AvgIpc) is 3.16. The highest BCUT2D eigenvalue weighted by molar-refractivity contribution is 7.18. The SMILES string of the molecule is C[C@@H]([NH2+]CC(=O)N1CCC(c2nc3ccccc3s2)CC1)c1ccc(Cl)cc1. The van der Waals surface area contributed by atoms with Gasteiger partial charge in [0.2, 0.25) is 0 Å². The monoisotopic (exact) mass is 414 g/mol. The molecule has 2 heterocycles. The number of benzene rings is 2. The fraction of sp³-hybridized carbons (Fsp3) is 0.364. The van der Waals surface area contributed by atoms with Gasteiger partial charge < -0.3 is 10.2 Å². The number of carbonyl (C=O) groups excluding carboxylic acids is 1. The number of rotatable bonds is 5. The van der Waals surface area contributed by atoms with Crippen molar-refractivity contribution >= 4 is 39.1 Å². The lowest BCUT2D eigenvalue weighted by Crippen LogP contribution is -2.87. The molecule has 0 aliphatic carbocycles. The van der Waals surface area contributed by atoms with Crippen LogP contribution in [0.15, 0.2) is 48.5 Å². The van der Waals surface area contributed by atoms with Gasteiger partial charge in [-0.3, -0.25) is 4.79 Å². The van der Waals surface area contributed by atoms with Crippen molar-refractivity contribution in [3.63, 3.8) is 0 Å². The van der Waals surface area contributed by atoms with Crippen molar-refractivity contribution in [1.82, 2.24) is 9.88 Å². The van der Waals surface area contributed by atoms with E-state index in [1.165, 1.54) is 15.3 Å². The lowest BCUT2D eigenvalue weighted by atomic mass is 9.97. The van der Waals surface area contributed by atoms with Crippen molar-refractivity contribution < 1.29 is 10.1 Å². The summed E-state index contributed by atoms with van der Waals surface area (Å²) >= 11 is 7.75. The molecule has 4 nitrogen and oxygen atoms in total. The Balaban J connectivity index is 1.28. The molecule has 1 amide bonds. The van der Waals surface area contributed by atoms with Gasteiger partial charge in [-0.05, 0) is 44.0 Å². The van der Waals surface area contributed by atoms with Crippen LogP contribution < -0.4 is 5.32 Å². The van der Waals surface area contributed by atoms with Crippen LogP contribution in [0, 0.1) is 0 Å². The lowest BCUT2D eigenvalue weighted by Gasteiger charge is -2.30. The summed E-state index contributed by atoms with van der Waals surface area (Å²) < 4.78 is 1.25. The molecule has 2 aromatic carbocycles. The predicted octanol–water partition coefficient (Wildman–Crippen LogP) is 3.98. The molecule has 0 saturated carbocycles. The van der Waals surface area contributed by atoms with Crippen LogP contribution in [0.5, 0.6) is 0 Å². The van der Waals surface area contributed by atoms with Crippen LogP contribution in [-0.4, -0.2) is 35.4 Å². The number of amides is 1. The van der Waals surface area contributed by atoms with Gasteiger partial charge in [-0.15, -0.1) is 11.3 Å². The van der Waals surface area contributed by atoms with Gasteiger partial charge in [-0.25, -0.2) is 4.98 Å². The quantitative estimate of drug-likeness (QED) is 0.686. The second kappa shape index (κ2) is 8.60. The first kappa shape index (κ1) is 19.4. The number of likely N-dealkylation sites (tertiary alicyclic amines) is 1. The van der Waals surface area contributed by atoms with E-state index in [0.29, 0.717) is 12.5 Å². The van der Waals surface area contributed by atoms with Gasteiger partial charge in [0.05, 0.1) is 15.2 Å². The fourth-order valence-electron chi connectivity index (χ4n) is 3.75. The summed E-state index contributed by atoms with van der Waals surface area (Å²) in [5.74, 6) is 0.696. The number of aromatic nitrogens is 1. The van der Waals surface area contributed by atoms with E-state index in [9.17, 15) is 4.79 Å². The van der Waals surface area contributed by atoms with Crippen molar-refractivity contribution in [3.05, 3.63) is 64.1 Å². The summed E-state index contributed by atoms with van der Waals surface area (Å²) in [5.41, 5.74) is 2.28. The smallest absolute Gasteiger partial charge is 0.277 e. The molecule has 1 aliphatic heterocycles. The molecule has 2 N–H and O–H groups in total. The third-order valence-corrected chi connectivity index (χ3v) is 7.00. The van der Waals surface area contributed by atoms with E-state index in [0.717, 1.165) is 36.5 Å². The second-order valence-electron chi connectivity index (χ2n) is 7.45. The molecule has 0 spiro atoms. The van der Waals surface area contributed by atoms with Crippen LogP contribution in [0.1, 0.15) is 42.3 Å². The van der Waals surface area contributed by atoms with E-state index < -0.39 is 0 Å². The number of quaternary nitrogens is 1. The third kappa shape index (κ3) is 4.37. The number of piperidine rings is 1. The molecule has 0 unspecified atom stereocenters. The van der Waals surface area contributed by atoms with Gasteiger partial charge in [-0.1, -0.05) is 35.9 Å². The molecule has 1 aromatic heterocycles. The minimum absolute atomic E-state index is 0.226. The Morgan fingerprint density at radius 3 is 2.64 bits per heavy atom. The molecule has 1 fully saturated rings. The molecule has 3 aromatic rings. The molecule has 28 heavy (non-hydrogen) atoms. The Bertz CT molecular complexity index is 915. The minimum atomic E-state index is 0.226. The number of thiazole rings is 1. The van der Waals surface area contributed by atoms with E-state index in [-0.39, 0.29) is 11.9 Å². The maximum atomic E-state index is 12.6. The van der Waals surface area contributed by atoms with E-state index in [2.05, 4.69) is 30.4 Å². The highest BCUT2D eigenvalue weighted by atomic mass is 35.5. The Hall–Kier alpha value is -1.95. The summed E-state index contributed by atoms with van der Waals surface area (Å²) in [6, 6.07) is 16.4. The molecule has 4 rings (SSSR count). The highest BCUT2D eigenvalue weighted by Gasteiger charge is 2.26. The van der Waals surface area contributed by atoms with Crippen LogP contribution in [0.25, 0.3) is 10.2 Å². The number of fused-ring (bicyclic) bond motifs is 1. The number of hydrogen-bond donors (Lipinski definition) is 1. The normalized spacial score (nSPS) is 16.4. The van der Waals surface area contributed by atoms with E-state index in [4.69, 9.17) is 16.6 Å². The zero-order valence-electron chi connectivity index (χ0n) is 16.0. The van der Waals surface area contributed by atoms with Crippen LogP contribution >= 0.6 is 22.9 Å². The second-order valence-corrected chi connectivity index (χ2v) is 8.95. The molecule has 1 saturated heterocycles. The number of nitrogens with zero attached hydrogens (tertiary/aromatic N) is 2. The summed E-state index contributed by atoms with van der Waals surface area (Å²) in [5, 5.41) is 4.06. The largest absolute Gasteiger partial charge is 0.338 e. The Kier molecular flexibility index (Phi) is 5.95. The van der Waals surface area contributed by atoms with E-state index in [1.807, 2.05) is 35.2 Å². The molecule has 1 atom stereocenters. The summed E-state index contributed by atoms with van der Waals surface area (Å²) in [7, 11) is 0. The summed E-state index contributed by atoms with van der Waals surface area (Å²) in [6.07, 6.45) is 2.00. The first-order chi connectivity index (χ1) is 13.6. The van der Waals surface area contributed by atoms with Crippen molar-refractivity contribution in [1.29, 1.82) is 0 Å². The molecule has 0 bridgehead atoms. The van der Waals surface area contributed by atoms with Crippen molar-refractivity contribution in [2.75, 3.05) is 19.6 Å². The number of halogens is 1. The van der Waals surface area contributed by atoms with Gasteiger partial charge >= 0.3 is 0 Å². The van der Waals surface area contributed by atoms with Crippen molar-refractivity contribution in [2.24, 2.45) is 0 Å². The topological polar surface area (TPSA) is 49.8 Å². The van der Waals surface area contributed by atoms with Gasteiger partial charge in [-0.2, -0.15) is 0 Å². The van der Waals surface area contributed by atoms with Crippen LogP contribution in [0.2, 0.25) is 5.02 Å². The third-order valence-electron chi connectivity index (χ3n) is 5.55. The molecule has 146 valence electrons. The molecule has 0 radical (unpaired) electrons. The predicted molar refractivity (Wildman–Crippen MR) is 115 cm³/mol. The van der Waals surface area contributed by atoms with Gasteiger partial charge in [0.1, 0.15) is 6.04 Å². The Labute approximate surface area is 174 Å². The Morgan fingerprint density at radius 1 is 1.21 bits per heavy atom. The van der Waals surface area contributed by atoms with Gasteiger partial charge in [0.15, 0.2) is 6.54 Å². The van der Waals surface area contributed by atoms with Gasteiger partial charge in [0, 0.05) is 29.6 Å². The van der Waals surface area contributed by atoms with E-state index in [1.54, 1.807) is 11.3 Å². The first-order valence-electron chi connectivity index (χ1n) is 9.82. The van der Waals surface area contributed by atoms with Crippen LogP contribution in [0.3, 0.4) is 0 Å². The van der Waals surface area contributed by atoms with E-state index >= 15 is 0 Å².